The highest BCUT2D eigenvalue weighted by atomic mass is 79.9. The molecule has 2 aromatic rings. The van der Waals surface area contributed by atoms with Gasteiger partial charge in [0, 0.05) is 34.5 Å². The molecule has 2 N–H and O–H groups in total. The number of hydrogen-bond acceptors (Lipinski definition) is 6. The van der Waals surface area contributed by atoms with Gasteiger partial charge in [0.25, 0.3) is 4.60 Å². The van der Waals surface area contributed by atoms with Crippen molar-refractivity contribution in [2.24, 2.45) is 0 Å². The van der Waals surface area contributed by atoms with Crippen molar-refractivity contribution in [2.45, 2.75) is 20.8 Å². The van der Waals surface area contributed by atoms with E-state index in [0.717, 1.165) is 12.1 Å². The van der Waals surface area contributed by atoms with Crippen LogP contribution in [0.5, 0.6) is 11.5 Å². The van der Waals surface area contributed by atoms with E-state index >= 15 is 0 Å². The standard InChI is InChI=1S/C17H14BrN3O5/c1-8-9(2)15(17(18)20(24)10(8)3)12(7-19)4-11-5-13(21(25)26)16(23)14(22)6-11/h4-6,22-23H,1-3H3. The van der Waals surface area contributed by atoms with E-state index in [1.165, 1.54) is 6.08 Å². The monoisotopic (exact) mass is 419 g/mol. The third-order valence-electron chi connectivity index (χ3n) is 4.16. The van der Waals surface area contributed by atoms with Crippen LogP contribution in [0, 0.1) is 47.4 Å². The first-order valence-corrected chi connectivity index (χ1v) is 8.10. The van der Waals surface area contributed by atoms with E-state index in [-0.39, 0.29) is 15.7 Å². The van der Waals surface area contributed by atoms with E-state index in [0.29, 0.717) is 27.1 Å². The van der Waals surface area contributed by atoms with E-state index in [2.05, 4.69) is 15.9 Å². The molecule has 0 aliphatic heterocycles. The molecule has 0 atom stereocenters. The van der Waals surface area contributed by atoms with Crippen LogP contribution in [0.25, 0.3) is 11.6 Å². The molecular formula is C17H14BrN3O5. The van der Waals surface area contributed by atoms with Crippen molar-refractivity contribution in [3.63, 3.8) is 0 Å². The van der Waals surface area contributed by atoms with E-state index in [1.807, 2.05) is 6.07 Å². The molecule has 26 heavy (non-hydrogen) atoms. The Bertz CT molecular complexity index is 980. The zero-order valence-electron chi connectivity index (χ0n) is 14.1. The Morgan fingerprint density at radius 2 is 1.92 bits per heavy atom. The fraction of sp³-hybridized carbons (Fsp3) is 0.176. The molecule has 1 aromatic carbocycles. The van der Waals surface area contributed by atoms with Crippen molar-refractivity contribution < 1.29 is 19.9 Å². The predicted molar refractivity (Wildman–Crippen MR) is 97.2 cm³/mol. The first kappa shape index (κ1) is 19.2. The number of aromatic nitrogens is 1. The number of phenolic OH excluding ortho intramolecular Hbond substituents is 2. The van der Waals surface area contributed by atoms with Gasteiger partial charge in [-0.15, -0.1) is 0 Å². The van der Waals surface area contributed by atoms with Crippen LogP contribution in [-0.2, 0) is 0 Å². The largest absolute Gasteiger partial charge is 0.618 e. The topological polar surface area (TPSA) is 134 Å². The van der Waals surface area contributed by atoms with Crippen LogP contribution in [0.15, 0.2) is 16.7 Å². The molecule has 0 amide bonds. The maximum Gasteiger partial charge on any atom is 0.315 e. The second kappa shape index (κ2) is 7.01. The fourth-order valence-corrected chi connectivity index (χ4v) is 3.28. The second-order valence-corrected chi connectivity index (χ2v) is 6.38. The maximum absolute atomic E-state index is 12.2. The Morgan fingerprint density at radius 1 is 1.31 bits per heavy atom. The van der Waals surface area contributed by atoms with Crippen LogP contribution in [0.2, 0.25) is 0 Å². The molecule has 0 saturated heterocycles. The molecule has 134 valence electrons. The molecule has 9 heteroatoms. The zero-order chi connectivity index (χ0) is 19.8. The summed E-state index contributed by atoms with van der Waals surface area (Å²) in [4.78, 5) is 10.1. The Hall–Kier alpha value is -3.12. The SMILES string of the molecule is Cc1c(C)c(C)[n+]([O-])c(Br)c1C(C#N)=Cc1cc(O)c(O)c([N+](=O)[O-])c1. The highest BCUT2D eigenvalue weighted by molar-refractivity contribution is 9.10. The van der Waals surface area contributed by atoms with Crippen molar-refractivity contribution in [1.29, 1.82) is 5.26 Å². The molecule has 0 radical (unpaired) electrons. The minimum atomic E-state index is -0.855. The van der Waals surface area contributed by atoms with Gasteiger partial charge in [0.2, 0.25) is 5.75 Å². The highest BCUT2D eigenvalue weighted by Crippen LogP contribution is 2.37. The number of nitriles is 1. The van der Waals surface area contributed by atoms with Crippen molar-refractivity contribution in [1.82, 2.24) is 0 Å². The maximum atomic E-state index is 12.2. The predicted octanol–water partition coefficient (Wildman–Crippen LogP) is 3.39. The first-order chi connectivity index (χ1) is 12.1. The van der Waals surface area contributed by atoms with Gasteiger partial charge in [-0.2, -0.15) is 9.99 Å². The second-order valence-electron chi connectivity index (χ2n) is 5.63. The van der Waals surface area contributed by atoms with Gasteiger partial charge >= 0.3 is 5.69 Å². The van der Waals surface area contributed by atoms with Crippen molar-refractivity contribution in [3.8, 4) is 17.6 Å². The Kier molecular flexibility index (Phi) is 5.18. The first-order valence-electron chi connectivity index (χ1n) is 7.31. The highest BCUT2D eigenvalue weighted by Gasteiger charge is 2.23. The molecule has 0 saturated carbocycles. The lowest BCUT2D eigenvalue weighted by Gasteiger charge is -2.14. The third-order valence-corrected chi connectivity index (χ3v) is 4.88. The van der Waals surface area contributed by atoms with Gasteiger partial charge in [-0.25, -0.2) is 0 Å². The number of phenols is 2. The minimum absolute atomic E-state index is 0.0708. The van der Waals surface area contributed by atoms with E-state index in [4.69, 9.17) is 0 Å². The summed E-state index contributed by atoms with van der Waals surface area (Å²) in [6, 6.07) is 4.09. The summed E-state index contributed by atoms with van der Waals surface area (Å²) in [6.45, 7) is 5.16. The van der Waals surface area contributed by atoms with Crippen LogP contribution in [0.4, 0.5) is 5.69 Å². The number of allylic oxidation sites excluding steroid dienone is 1. The lowest BCUT2D eigenvalue weighted by Crippen LogP contribution is -2.34. The molecule has 0 bridgehead atoms. The molecule has 0 aliphatic carbocycles. The summed E-state index contributed by atoms with van der Waals surface area (Å²) in [7, 11) is 0. The Labute approximate surface area is 157 Å². The molecule has 0 unspecified atom stereocenters. The van der Waals surface area contributed by atoms with E-state index in [9.17, 15) is 30.8 Å². The Morgan fingerprint density at radius 3 is 2.46 bits per heavy atom. The summed E-state index contributed by atoms with van der Waals surface area (Å²) < 4.78 is 0.794. The van der Waals surface area contributed by atoms with Gasteiger partial charge in [0.05, 0.1) is 16.1 Å². The molecular weight excluding hydrogens is 406 g/mol. The normalized spacial score (nSPS) is 11.3. The summed E-state index contributed by atoms with van der Waals surface area (Å²) in [5, 5.41) is 52.0. The summed E-state index contributed by atoms with van der Waals surface area (Å²) in [5.41, 5.74) is 1.75. The number of aromatic hydroxyl groups is 2. The number of nitro benzene ring substituents is 1. The molecule has 0 spiro atoms. The number of halogens is 1. The minimum Gasteiger partial charge on any atom is -0.618 e. The van der Waals surface area contributed by atoms with Crippen LogP contribution >= 0.6 is 15.9 Å². The summed E-state index contributed by atoms with van der Waals surface area (Å²) in [5.74, 6) is -1.54. The van der Waals surface area contributed by atoms with Gasteiger partial charge in [-0.05, 0) is 37.1 Å². The van der Waals surface area contributed by atoms with Crippen molar-refractivity contribution in [3.05, 3.63) is 60.0 Å². The fourth-order valence-electron chi connectivity index (χ4n) is 2.50. The van der Waals surface area contributed by atoms with Crippen molar-refractivity contribution in [2.75, 3.05) is 0 Å². The number of pyridine rings is 1. The van der Waals surface area contributed by atoms with Gasteiger partial charge in [0.15, 0.2) is 11.4 Å². The third kappa shape index (κ3) is 3.19. The van der Waals surface area contributed by atoms with Gasteiger partial charge in [-0.3, -0.25) is 10.1 Å². The lowest BCUT2D eigenvalue weighted by molar-refractivity contribution is -0.624. The molecule has 0 aliphatic rings. The van der Waals surface area contributed by atoms with Crippen molar-refractivity contribution >= 4 is 33.3 Å². The lowest BCUT2D eigenvalue weighted by atomic mass is 9.97. The molecule has 2 rings (SSSR count). The van der Waals surface area contributed by atoms with E-state index < -0.39 is 22.1 Å². The number of hydrogen-bond donors (Lipinski definition) is 2. The average Bonchev–Trinajstić information content (AvgIpc) is 2.59. The van der Waals surface area contributed by atoms with Crippen LogP contribution in [-0.4, -0.2) is 15.1 Å². The smallest absolute Gasteiger partial charge is 0.315 e. The van der Waals surface area contributed by atoms with Gasteiger partial charge in [0.1, 0.15) is 6.07 Å². The summed E-state index contributed by atoms with van der Waals surface area (Å²) in [6.07, 6.45) is 1.30. The average molecular weight is 420 g/mol. The Balaban J connectivity index is 2.76. The number of benzene rings is 1. The number of nitro groups is 1. The zero-order valence-corrected chi connectivity index (χ0v) is 15.7. The van der Waals surface area contributed by atoms with Crippen LogP contribution in [0.3, 0.4) is 0 Å². The van der Waals surface area contributed by atoms with E-state index in [1.54, 1.807) is 20.8 Å². The van der Waals surface area contributed by atoms with Crippen LogP contribution < -0.4 is 4.73 Å². The summed E-state index contributed by atoms with van der Waals surface area (Å²) >= 11 is 3.20. The molecule has 8 nitrogen and oxygen atoms in total. The molecule has 1 aromatic heterocycles. The van der Waals surface area contributed by atoms with Gasteiger partial charge < -0.3 is 15.4 Å². The quantitative estimate of drug-likeness (QED) is 0.149. The number of nitrogens with zero attached hydrogens (tertiary/aromatic N) is 3. The van der Waals surface area contributed by atoms with Crippen LogP contribution in [0.1, 0.15) is 27.9 Å². The van der Waals surface area contributed by atoms with Gasteiger partial charge in [-0.1, -0.05) is 0 Å². The molecule has 1 heterocycles. The molecule has 0 fully saturated rings. The number of rotatable bonds is 3.